The fourth-order valence-electron chi connectivity index (χ4n) is 1.97. The molecule has 2 aliphatic heterocycles. The minimum Gasteiger partial charge on any atom is -0.342 e. The Hall–Kier alpha value is -1.43. The number of amidine groups is 1. The third-order valence-corrected chi connectivity index (χ3v) is 4.02. The van der Waals surface area contributed by atoms with E-state index in [-0.39, 0.29) is 17.6 Å². The van der Waals surface area contributed by atoms with Crippen molar-refractivity contribution in [3.05, 3.63) is 12.2 Å². The molecule has 0 unspecified atom stereocenters. The Balaban J connectivity index is 1.88. The van der Waals surface area contributed by atoms with E-state index in [4.69, 9.17) is 0 Å². The van der Waals surface area contributed by atoms with Crippen molar-refractivity contribution in [3.63, 3.8) is 0 Å². The average molecular weight is 279 g/mol. The molecule has 0 bridgehead atoms. The van der Waals surface area contributed by atoms with Crippen LogP contribution < -0.4 is 0 Å². The third-order valence-electron chi connectivity index (χ3n) is 3.19. The molecule has 2 amide bonds. The van der Waals surface area contributed by atoms with Gasteiger partial charge in [0.25, 0.3) is 5.91 Å². The number of piperidine rings is 1. The van der Waals surface area contributed by atoms with Crippen molar-refractivity contribution in [2.24, 2.45) is 9.98 Å². The third kappa shape index (κ3) is 3.53. The summed E-state index contributed by atoms with van der Waals surface area (Å²) in [7, 11) is 0. The summed E-state index contributed by atoms with van der Waals surface area (Å²) in [4.78, 5) is 33.3. The molecule has 19 heavy (non-hydrogen) atoms. The van der Waals surface area contributed by atoms with Crippen molar-refractivity contribution >= 4 is 34.5 Å². The molecule has 1 saturated heterocycles. The highest BCUT2D eigenvalue weighted by Crippen LogP contribution is 2.16. The average Bonchev–Trinajstić information content (AvgIpc) is 2.43. The van der Waals surface area contributed by atoms with Gasteiger partial charge in [0.15, 0.2) is 5.17 Å². The summed E-state index contributed by atoms with van der Waals surface area (Å²) in [5.41, 5.74) is 0.902. The number of hydrogen-bond acceptors (Lipinski definition) is 4. The van der Waals surface area contributed by atoms with Gasteiger partial charge in [-0.3, -0.25) is 9.59 Å². The van der Waals surface area contributed by atoms with E-state index < -0.39 is 0 Å². The molecule has 0 aromatic rings. The van der Waals surface area contributed by atoms with Gasteiger partial charge in [-0.1, -0.05) is 18.3 Å². The van der Waals surface area contributed by atoms with Crippen LogP contribution in [0.15, 0.2) is 22.1 Å². The van der Waals surface area contributed by atoms with Crippen molar-refractivity contribution in [2.75, 3.05) is 18.8 Å². The fourth-order valence-corrected chi connectivity index (χ4v) is 2.75. The Labute approximate surface area is 116 Å². The van der Waals surface area contributed by atoms with Gasteiger partial charge >= 0.3 is 0 Å². The van der Waals surface area contributed by atoms with Crippen molar-refractivity contribution in [2.45, 2.75) is 26.2 Å². The van der Waals surface area contributed by atoms with Gasteiger partial charge in [-0.05, 0) is 26.2 Å². The maximum Gasteiger partial charge on any atom is 0.280 e. The first-order chi connectivity index (χ1) is 9.08. The molecule has 0 aromatic carbocycles. The lowest BCUT2D eigenvalue weighted by molar-refractivity contribution is -0.129. The molecule has 2 aliphatic rings. The monoisotopic (exact) mass is 279 g/mol. The number of nitrogens with zero attached hydrogens (tertiary/aromatic N) is 3. The van der Waals surface area contributed by atoms with Gasteiger partial charge in [0, 0.05) is 13.1 Å². The first-order valence-corrected chi connectivity index (χ1v) is 7.34. The quantitative estimate of drug-likeness (QED) is 0.722. The molecule has 2 rings (SSSR count). The van der Waals surface area contributed by atoms with Gasteiger partial charge in [0.2, 0.25) is 5.91 Å². The Kier molecular flexibility index (Phi) is 4.52. The molecule has 0 aliphatic carbocycles. The minimum atomic E-state index is -0.361. The number of rotatable bonds is 2. The lowest BCUT2D eigenvalue weighted by Gasteiger charge is -2.26. The van der Waals surface area contributed by atoms with Gasteiger partial charge in [0.05, 0.1) is 17.0 Å². The SMILES string of the molecule is C=C1C(=O)N=C(SCC(=O)N2CCCCC2)N=C1C. The Morgan fingerprint density at radius 1 is 1.32 bits per heavy atom. The number of thioether (sulfide) groups is 1. The first kappa shape index (κ1) is 14.0. The molecular formula is C13H17N3O2S. The van der Waals surface area contributed by atoms with E-state index in [0.29, 0.717) is 16.5 Å². The smallest absolute Gasteiger partial charge is 0.280 e. The number of hydrogen-bond donors (Lipinski definition) is 0. The predicted octanol–water partition coefficient (Wildman–Crippen LogP) is 1.65. The van der Waals surface area contributed by atoms with Gasteiger partial charge in [-0.2, -0.15) is 4.99 Å². The summed E-state index contributed by atoms with van der Waals surface area (Å²) >= 11 is 1.22. The second kappa shape index (κ2) is 6.14. The maximum atomic E-state index is 12.0. The Morgan fingerprint density at radius 2 is 2.00 bits per heavy atom. The fraction of sp³-hybridized carbons (Fsp3) is 0.538. The summed E-state index contributed by atoms with van der Waals surface area (Å²) < 4.78 is 0. The molecular weight excluding hydrogens is 262 g/mol. The van der Waals surface area contributed by atoms with E-state index >= 15 is 0 Å². The highest BCUT2D eigenvalue weighted by atomic mass is 32.2. The first-order valence-electron chi connectivity index (χ1n) is 6.36. The zero-order valence-corrected chi connectivity index (χ0v) is 11.8. The second-order valence-electron chi connectivity index (χ2n) is 4.61. The number of carbonyl (C=O) groups excluding carboxylic acids is 2. The van der Waals surface area contributed by atoms with Crippen LogP contribution in [0.3, 0.4) is 0 Å². The molecule has 0 radical (unpaired) electrons. The van der Waals surface area contributed by atoms with Crippen LogP contribution in [-0.2, 0) is 9.59 Å². The molecule has 102 valence electrons. The normalized spacial score (nSPS) is 20.2. The summed E-state index contributed by atoms with van der Waals surface area (Å²) in [6.45, 7) is 7.01. The lowest BCUT2D eigenvalue weighted by Crippen LogP contribution is -2.37. The predicted molar refractivity (Wildman–Crippen MR) is 77.6 cm³/mol. The zero-order chi connectivity index (χ0) is 13.8. The lowest BCUT2D eigenvalue weighted by atomic mass is 10.1. The van der Waals surface area contributed by atoms with E-state index in [1.54, 1.807) is 6.92 Å². The minimum absolute atomic E-state index is 0.0945. The number of aliphatic imine (C=N–C) groups is 2. The number of carbonyl (C=O) groups is 2. The molecule has 0 saturated carbocycles. The molecule has 2 heterocycles. The van der Waals surface area contributed by atoms with Crippen LogP contribution in [0.2, 0.25) is 0 Å². The highest BCUT2D eigenvalue weighted by molar-refractivity contribution is 8.14. The van der Waals surface area contributed by atoms with E-state index in [9.17, 15) is 9.59 Å². The molecule has 0 spiro atoms. The van der Waals surface area contributed by atoms with Gasteiger partial charge in [-0.15, -0.1) is 0 Å². The Morgan fingerprint density at radius 3 is 2.63 bits per heavy atom. The Bertz CT molecular complexity index is 476. The maximum absolute atomic E-state index is 12.0. The molecule has 0 aromatic heterocycles. The molecule has 5 nitrogen and oxygen atoms in total. The number of amides is 2. The van der Waals surface area contributed by atoms with Crippen LogP contribution in [0.25, 0.3) is 0 Å². The molecule has 6 heteroatoms. The van der Waals surface area contributed by atoms with Crippen LogP contribution in [0.4, 0.5) is 0 Å². The van der Waals surface area contributed by atoms with E-state index in [0.717, 1.165) is 25.9 Å². The largest absolute Gasteiger partial charge is 0.342 e. The summed E-state index contributed by atoms with van der Waals surface area (Å²) in [6.07, 6.45) is 3.35. The molecule has 0 N–H and O–H groups in total. The van der Waals surface area contributed by atoms with Crippen molar-refractivity contribution < 1.29 is 9.59 Å². The van der Waals surface area contributed by atoms with Crippen molar-refractivity contribution in [1.82, 2.24) is 4.90 Å². The van der Waals surface area contributed by atoms with Gasteiger partial charge < -0.3 is 4.90 Å². The van der Waals surface area contributed by atoms with E-state index in [2.05, 4.69) is 16.6 Å². The van der Waals surface area contributed by atoms with Crippen LogP contribution in [0.1, 0.15) is 26.2 Å². The van der Waals surface area contributed by atoms with Crippen LogP contribution >= 0.6 is 11.8 Å². The van der Waals surface area contributed by atoms with Gasteiger partial charge in [0.1, 0.15) is 0 Å². The molecule has 0 atom stereocenters. The standard InChI is InChI=1S/C13H17N3O2S/c1-9-10(2)14-13(15-12(9)18)19-8-11(17)16-6-4-3-5-7-16/h1,3-8H2,2H3. The highest BCUT2D eigenvalue weighted by Gasteiger charge is 2.20. The van der Waals surface area contributed by atoms with Crippen LogP contribution in [0, 0.1) is 0 Å². The summed E-state index contributed by atoms with van der Waals surface area (Å²) in [6, 6.07) is 0. The van der Waals surface area contributed by atoms with Crippen molar-refractivity contribution in [1.29, 1.82) is 0 Å². The second-order valence-corrected chi connectivity index (χ2v) is 5.55. The van der Waals surface area contributed by atoms with E-state index in [1.807, 2.05) is 4.90 Å². The zero-order valence-electron chi connectivity index (χ0n) is 11.0. The molecule has 1 fully saturated rings. The van der Waals surface area contributed by atoms with Crippen LogP contribution in [0.5, 0.6) is 0 Å². The van der Waals surface area contributed by atoms with Crippen LogP contribution in [-0.4, -0.2) is 46.4 Å². The van der Waals surface area contributed by atoms with Crippen molar-refractivity contribution in [3.8, 4) is 0 Å². The topological polar surface area (TPSA) is 62.1 Å². The number of likely N-dealkylation sites (tertiary alicyclic amines) is 1. The summed E-state index contributed by atoms with van der Waals surface area (Å²) in [5.74, 6) is 0.0209. The summed E-state index contributed by atoms with van der Waals surface area (Å²) in [5, 5.41) is 0.361. The van der Waals surface area contributed by atoms with Gasteiger partial charge in [-0.25, -0.2) is 4.99 Å². The van der Waals surface area contributed by atoms with E-state index in [1.165, 1.54) is 18.2 Å².